The highest BCUT2D eigenvalue weighted by molar-refractivity contribution is 6.30. The molecule has 1 N–H and O–H groups in total. The van der Waals surface area contributed by atoms with Gasteiger partial charge in [0.25, 0.3) is 0 Å². The lowest BCUT2D eigenvalue weighted by Gasteiger charge is -2.17. The summed E-state index contributed by atoms with van der Waals surface area (Å²) in [5, 5.41) is 3.60. The van der Waals surface area contributed by atoms with Crippen molar-refractivity contribution in [2.45, 2.75) is 12.8 Å². The van der Waals surface area contributed by atoms with Crippen molar-refractivity contribution >= 4 is 33.4 Å². The molecule has 0 atom stereocenters. The molecule has 1 aromatic heterocycles. The van der Waals surface area contributed by atoms with Crippen LogP contribution in [0.1, 0.15) is 11.1 Å². The van der Waals surface area contributed by atoms with Crippen molar-refractivity contribution in [3.8, 4) is 11.1 Å². The zero-order chi connectivity index (χ0) is 14.7. The van der Waals surface area contributed by atoms with Gasteiger partial charge in [-0.05, 0) is 59.4 Å². The molecule has 22 heavy (non-hydrogen) atoms. The number of aryl methyl sites for hydroxylation is 2. The third kappa shape index (κ3) is 1.60. The molecule has 0 bridgehead atoms. The molecule has 0 unspecified atom stereocenters. The SMILES string of the molecule is Clc1ccc(-c2ccc3[nH]c4cccc5c4c3c2CC5)cc1. The van der Waals surface area contributed by atoms with Crippen LogP contribution in [0.15, 0.2) is 54.6 Å². The predicted octanol–water partition coefficient (Wildman–Crippen LogP) is 5.74. The molecular formula is C20H14ClN. The summed E-state index contributed by atoms with van der Waals surface area (Å²) >= 11 is 6.03. The van der Waals surface area contributed by atoms with Gasteiger partial charge in [-0.2, -0.15) is 0 Å². The molecule has 106 valence electrons. The standard InChI is InChI=1S/C20H14ClN/c21-14-7-4-12(5-8-14)15-10-11-18-20-16(15)9-6-13-2-1-3-17(22-18)19(13)20/h1-5,7-8,10-11,22H,6,9H2. The van der Waals surface area contributed by atoms with Crippen molar-refractivity contribution in [2.24, 2.45) is 0 Å². The second-order valence-corrected chi connectivity index (χ2v) is 6.42. The number of aromatic amines is 1. The fourth-order valence-electron chi connectivity index (χ4n) is 3.81. The lowest BCUT2D eigenvalue weighted by atomic mass is 9.86. The number of hydrogen-bond donors (Lipinski definition) is 1. The Morgan fingerprint density at radius 2 is 1.59 bits per heavy atom. The highest BCUT2D eigenvalue weighted by atomic mass is 35.5. The van der Waals surface area contributed by atoms with Gasteiger partial charge in [0.05, 0.1) is 0 Å². The Labute approximate surface area is 133 Å². The van der Waals surface area contributed by atoms with Crippen molar-refractivity contribution in [2.75, 3.05) is 0 Å². The van der Waals surface area contributed by atoms with E-state index < -0.39 is 0 Å². The second-order valence-electron chi connectivity index (χ2n) is 5.99. The van der Waals surface area contributed by atoms with Gasteiger partial charge in [-0.15, -0.1) is 0 Å². The number of benzene rings is 3. The van der Waals surface area contributed by atoms with E-state index in [1.807, 2.05) is 12.1 Å². The van der Waals surface area contributed by atoms with E-state index in [0.717, 1.165) is 17.9 Å². The third-order valence-corrected chi connectivity index (χ3v) is 5.03. The topological polar surface area (TPSA) is 15.8 Å². The number of H-pyrrole nitrogens is 1. The van der Waals surface area contributed by atoms with E-state index in [9.17, 15) is 0 Å². The molecule has 1 heterocycles. The van der Waals surface area contributed by atoms with E-state index in [1.54, 1.807) is 0 Å². The molecule has 0 radical (unpaired) electrons. The lowest BCUT2D eigenvalue weighted by molar-refractivity contribution is 0.971. The van der Waals surface area contributed by atoms with Crippen LogP contribution in [-0.4, -0.2) is 4.98 Å². The highest BCUT2D eigenvalue weighted by Crippen LogP contribution is 2.40. The van der Waals surface area contributed by atoms with E-state index in [-0.39, 0.29) is 0 Å². The fraction of sp³-hybridized carbons (Fsp3) is 0.100. The van der Waals surface area contributed by atoms with Crippen molar-refractivity contribution in [1.29, 1.82) is 0 Å². The third-order valence-electron chi connectivity index (χ3n) is 4.78. The molecular weight excluding hydrogens is 290 g/mol. The van der Waals surface area contributed by atoms with Crippen LogP contribution >= 0.6 is 11.6 Å². The maximum atomic E-state index is 6.03. The minimum atomic E-state index is 0.785. The number of rotatable bonds is 1. The van der Waals surface area contributed by atoms with Crippen molar-refractivity contribution in [3.05, 3.63) is 70.7 Å². The fourth-order valence-corrected chi connectivity index (χ4v) is 3.94. The van der Waals surface area contributed by atoms with Crippen LogP contribution in [0, 0.1) is 0 Å². The van der Waals surface area contributed by atoms with Gasteiger partial charge in [-0.25, -0.2) is 0 Å². The largest absolute Gasteiger partial charge is 0.354 e. The van der Waals surface area contributed by atoms with Crippen LogP contribution in [0.3, 0.4) is 0 Å². The monoisotopic (exact) mass is 303 g/mol. The zero-order valence-corrected chi connectivity index (χ0v) is 12.7. The smallest absolute Gasteiger partial charge is 0.0468 e. The maximum Gasteiger partial charge on any atom is 0.0468 e. The zero-order valence-electron chi connectivity index (χ0n) is 12.0. The summed E-state index contributed by atoms with van der Waals surface area (Å²) in [6.45, 7) is 0. The molecule has 4 aromatic rings. The van der Waals surface area contributed by atoms with Crippen LogP contribution in [0.25, 0.3) is 32.9 Å². The molecule has 1 aliphatic carbocycles. The Bertz CT molecular complexity index is 1030. The first-order valence-corrected chi connectivity index (χ1v) is 8.00. The Morgan fingerprint density at radius 1 is 0.773 bits per heavy atom. The Kier molecular flexibility index (Phi) is 2.45. The molecule has 0 aliphatic heterocycles. The average molecular weight is 304 g/mol. The average Bonchev–Trinajstić information content (AvgIpc) is 2.94. The summed E-state index contributed by atoms with van der Waals surface area (Å²) in [4.78, 5) is 3.57. The van der Waals surface area contributed by atoms with Gasteiger partial charge in [0.1, 0.15) is 0 Å². The number of aromatic nitrogens is 1. The van der Waals surface area contributed by atoms with Gasteiger partial charge in [-0.1, -0.05) is 41.9 Å². The molecule has 2 heteroatoms. The highest BCUT2D eigenvalue weighted by Gasteiger charge is 2.20. The Balaban J connectivity index is 1.90. The summed E-state index contributed by atoms with van der Waals surface area (Å²) in [7, 11) is 0. The van der Waals surface area contributed by atoms with Crippen LogP contribution in [-0.2, 0) is 12.8 Å². The molecule has 1 nitrogen and oxygen atoms in total. The van der Waals surface area contributed by atoms with Crippen molar-refractivity contribution < 1.29 is 0 Å². The van der Waals surface area contributed by atoms with Gasteiger partial charge in [0.2, 0.25) is 0 Å². The van der Waals surface area contributed by atoms with Crippen LogP contribution in [0.5, 0.6) is 0 Å². The van der Waals surface area contributed by atoms with Gasteiger partial charge in [0.15, 0.2) is 0 Å². The number of hydrogen-bond acceptors (Lipinski definition) is 0. The molecule has 0 fully saturated rings. The molecule has 0 saturated carbocycles. The first kappa shape index (κ1) is 12.3. The van der Waals surface area contributed by atoms with E-state index in [2.05, 4.69) is 47.4 Å². The first-order chi connectivity index (χ1) is 10.8. The van der Waals surface area contributed by atoms with Gasteiger partial charge in [-0.3, -0.25) is 0 Å². The normalized spacial score (nSPS) is 13.3. The molecule has 1 aliphatic rings. The number of nitrogens with one attached hydrogen (secondary N) is 1. The van der Waals surface area contributed by atoms with E-state index in [4.69, 9.17) is 11.6 Å². The van der Waals surface area contributed by atoms with Crippen LogP contribution in [0.2, 0.25) is 5.02 Å². The summed E-state index contributed by atoms with van der Waals surface area (Å²) in [6.07, 6.45) is 2.21. The van der Waals surface area contributed by atoms with Crippen LogP contribution < -0.4 is 0 Å². The molecule has 0 saturated heterocycles. The molecule has 0 amide bonds. The quantitative estimate of drug-likeness (QED) is 0.461. The Hall–Kier alpha value is -2.25. The van der Waals surface area contributed by atoms with E-state index in [1.165, 1.54) is 44.1 Å². The van der Waals surface area contributed by atoms with E-state index >= 15 is 0 Å². The van der Waals surface area contributed by atoms with Crippen LogP contribution in [0.4, 0.5) is 0 Å². The maximum absolute atomic E-state index is 6.03. The van der Waals surface area contributed by atoms with Gasteiger partial charge < -0.3 is 4.98 Å². The number of halogens is 1. The van der Waals surface area contributed by atoms with Gasteiger partial charge >= 0.3 is 0 Å². The molecule has 3 aromatic carbocycles. The van der Waals surface area contributed by atoms with Crippen molar-refractivity contribution in [1.82, 2.24) is 4.98 Å². The molecule has 5 rings (SSSR count). The lowest BCUT2D eigenvalue weighted by Crippen LogP contribution is -2.00. The Morgan fingerprint density at radius 3 is 2.45 bits per heavy atom. The minimum Gasteiger partial charge on any atom is -0.354 e. The second kappa shape index (κ2) is 4.37. The summed E-state index contributed by atoms with van der Waals surface area (Å²) in [6, 6.07) is 19.2. The van der Waals surface area contributed by atoms with Crippen molar-refractivity contribution in [3.63, 3.8) is 0 Å². The first-order valence-electron chi connectivity index (χ1n) is 7.62. The summed E-state index contributed by atoms with van der Waals surface area (Å²) in [5.74, 6) is 0. The predicted molar refractivity (Wildman–Crippen MR) is 93.7 cm³/mol. The summed E-state index contributed by atoms with van der Waals surface area (Å²) < 4.78 is 0. The minimum absolute atomic E-state index is 0.785. The summed E-state index contributed by atoms with van der Waals surface area (Å²) in [5.41, 5.74) is 8.00. The molecule has 0 spiro atoms. The van der Waals surface area contributed by atoms with E-state index in [0.29, 0.717) is 0 Å². The van der Waals surface area contributed by atoms with Gasteiger partial charge in [0, 0.05) is 26.8 Å².